The molecule has 3 N–H and O–H groups in total. The highest BCUT2D eigenvalue weighted by molar-refractivity contribution is 5.95. The van der Waals surface area contributed by atoms with Crippen molar-refractivity contribution in [2.75, 3.05) is 43.4 Å². The van der Waals surface area contributed by atoms with Crippen LogP contribution in [0.15, 0.2) is 30.3 Å². The van der Waals surface area contributed by atoms with Gasteiger partial charge in [-0.05, 0) is 50.2 Å². The summed E-state index contributed by atoms with van der Waals surface area (Å²) in [6.07, 6.45) is -0.592. The Bertz CT molecular complexity index is 1160. The summed E-state index contributed by atoms with van der Waals surface area (Å²) < 4.78 is 15.0. The minimum absolute atomic E-state index is 0.263. The van der Waals surface area contributed by atoms with Crippen LogP contribution in [0.4, 0.5) is 15.9 Å². The van der Waals surface area contributed by atoms with Gasteiger partial charge in [0.05, 0.1) is 23.0 Å². The van der Waals surface area contributed by atoms with E-state index in [4.69, 9.17) is 5.73 Å². The highest BCUT2D eigenvalue weighted by atomic mass is 19.1. The Labute approximate surface area is 181 Å². The fourth-order valence-electron chi connectivity index (χ4n) is 4.02. The normalized spacial score (nSPS) is 15.7. The Balaban J connectivity index is 1.73. The first-order chi connectivity index (χ1) is 14.9. The van der Waals surface area contributed by atoms with Crippen molar-refractivity contribution >= 4 is 22.3 Å². The summed E-state index contributed by atoms with van der Waals surface area (Å²) in [6, 6.07) is 11.0. The van der Waals surface area contributed by atoms with Gasteiger partial charge in [0.2, 0.25) is 0 Å². The molecule has 1 fully saturated rings. The fraction of sp³-hybridized carbons (Fsp3) is 0.348. The van der Waals surface area contributed by atoms with Crippen LogP contribution in [0.25, 0.3) is 10.8 Å². The Morgan fingerprint density at radius 1 is 1.13 bits per heavy atom. The molecule has 3 aromatic rings. The minimum atomic E-state index is -0.592. The Morgan fingerprint density at radius 3 is 2.58 bits per heavy atom. The molecule has 31 heavy (non-hydrogen) atoms. The van der Waals surface area contributed by atoms with Crippen molar-refractivity contribution in [3.8, 4) is 6.07 Å². The van der Waals surface area contributed by atoms with Gasteiger partial charge in [-0.25, -0.2) is 4.39 Å². The van der Waals surface area contributed by atoms with E-state index in [9.17, 15) is 9.65 Å². The van der Waals surface area contributed by atoms with E-state index in [0.29, 0.717) is 28.1 Å². The molecule has 8 heteroatoms. The molecule has 0 aliphatic carbocycles. The second-order valence-electron chi connectivity index (χ2n) is 8.03. The predicted molar refractivity (Wildman–Crippen MR) is 120 cm³/mol. The molecule has 160 valence electrons. The van der Waals surface area contributed by atoms with E-state index in [1.165, 1.54) is 6.07 Å². The molecule has 0 bridgehead atoms. The molecule has 0 radical (unpaired) electrons. The number of nitrogens with one attached hydrogen (secondary N) is 1. The number of aryl methyl sites for hydroxylation is 1. The van der Waals surface area contributed by atoms with Crippen molar-refractivity contribution in [1.82, 2.24) is 15.1 Å². The molecule has 1 aliphatic rings. The lowest BCUT2D eigenvalue weighted by molar-refractivity contribution is 0.312. The number of hydrogen-bond donors (Lipinski definition) is 2. The van der Waals surface area contributed by atoms with Crippen LogP contribution in [0.3, 0.4) is 0 Å². The van der Waals surface area contributed by atoms with Gasteiger partial charge in [0.25, 0.3) is 0 Å². The molecule has 2 aromatic carbocycles. The van der Waals surface area contributed by atoms with Crippen molar-refractivity contribution in [3.05, 3.63) is 58.5 Å². The molecule has 1 aliphatic heterocycles. The average molecular weight is 420 g/mol. The molecule has 7 nitrogen and oxygen atoms in total. The first-order valence-electron chi connectivity index (χ1n) is 10.3. The van der Waals surface area contributed by atoms with Crippen molar-refractivity contribution < 1.29 is 4.39 Å². The number of benzene rings is 2. The van der Waals surface area contributed by atoms with Gasteiger partial charge in [-0.3, -0.25) is 0 Å². The Morgan fingerprint density at radius 2 is 1.87 bits per heavy atom. The third-order valence-corrected chi connectivity index (χ3v) is 6.00. The summed E-state index contributed by atoms with van der Waals surface area (Å²) in [7, 11) is 2.07. The fourth-order valence-corrected chi connectivity index (χ4v) is 4.02. The highest BCUT2D eigenvalue weighted by Crippen LogP contribution is 2.32. The van der Waals surface area contributed by atoms with E-state index in [2.05, 4.69) is 38.4 Å². The molecule has 0 amide bonds. The second kappa shape index (κ2) is 8.46. The number of rotatable bonds is 4. The number of aromatic nitrogens is 2. The number of fused-ring (bicyclic) bond motifs is 1. The van der Waals surface area contributed by atoms with Crippen molar-refractivity contribution in [1.29, 1.82) is 5.26 Å². The van der Waals surface area contributed by atoms with E-state index < -0.39 is 6.17 Å². The van der Waals surface area contributed by atoms with Gasteiger partial charge in [-0.2, -0.15) is 10.4 Å². The molecular weight excluding hydrogens is 393 g/mol. The number of nitrogens with two attached hydrogens (primary N) is 1. The monoisotopic (exact) mass is 419 g/mol. The van der Waals surface area contributed by atoms with E-state index >= 15 is 0 Å². The summed E-state index contributed by atoms with van der Waals surface area (Å²) >= 11 is 0. The summed E-state index contributed by atoms with van der Waals surface area (Å²) in [5.41, 5.74) is 9.84. The summed E-state index contributed by atoms with van der Waals surface area (Å²) in [4.78, 5) is 4.30. The standard InChI is InChI=1S/C23H26FN7/c1-14-16(13-25)5-4-6-17(14)22(26)27-23-19-12-21(31-9-7-30(3)8-10-31)20(24)11-18(19)15(2)28-29-23/h4-6,11-12,22H,7-10,26H2,1-3H3,(H,27,29)/t22-/m0/s1. The topological polar surface area (TPSA) is 94.1 Å². The largest absolute Gasteiger partial charge is 0.367 e. The number of nitriles is 1. The van der Waals surface area contributed by atoms with Crippen LogP contribution in [0, 0.1) is 31.0 Å². The Kier molecular flexibility index (Phi) is 5.72. The molecule has 2 heterocycles. The quantitative estimate of drug-likeness (QED) is 0.628. The smallest absolute Gasteiger partial charge is 0.158 e. The zero-order chi connectivity index (χ0) is 22.1. The maximum Gasteiger partial charge on any atom is 0.158 e. The molecule has 1 saturated heterocycles. The van der Waals surface area contributed by atoms with Crippen molar-refractivity contribution in [3.63, 3.8) is 0 Å². The van der Waals surface area contributed by atoms with Crippen LogP contribution >= 0.6 is 0 Å². The predicted octanol–water partition coefficient (Wildman–Crippen LogP) is 3.08. The van der Waals surface area contributed by atoms with Crippen LogP contribution in [-0.4, -0.2) is 48.3 Å². The van der Waals surface area contributed by atoms with Crippen LogP contribution in [0.2, 0.25) is 0 Å². The van der Waals surface area contributed by atoms with Gasteiger partial charge in [-0.15, -0.1) is 5.10 Å². The van der Waals surface area contributed by atoms with Gasteiger partial charge >= 0.3 is 0 Å². The molecule has 4 rings (SSSR count). The SMILES string of the molecule is Cc1c(C#N)cccc1[C@@H](N)Nc1nnc(C)c2cc(F)c(N3CCN(C)CC3)cc12. The van der Waals surface area contributed by atoms with Gasteiger partial charge in [0.15, 0.2) is 5.82 Å². The number of piperazine rings is 1. The summed E-state index contributed by atoms with van der Waals surface area (Å²) in [6.45, 7) is 6.98. The lowest BCUT2D eigenvalue weighted by atomic mass is 10.0. The minimum Gasteiger partial charge on any atom is -0.367 e. The van der Waals surface area contributed by atoms with Crippen LogP contribution < -0.4 is 16.0 Å². The molecule has 1 aromatic heterocycles. The zero-order valence-corrected chi connectivity index (χ0v) is 18.0. The average Bonchev–Trinajstić information content (AvgIpc) is 2.76. The lowest BCUT2D eigenvalue weighted by Crippen LogP contribution is -2.44. The first kappa shape index (κ1) is 21.0. The maximum absolute atomic E-state index is 15.0. The van der Waals surface area contributed by atoms with E-state index in [-0.39, 0.29) is 5.82 Å². The van der Waals surface area contributed by atoms with Crippen molar-refractivity contribution in [2.24, 2.45) is 5.73 Å². The van der Waals surface area contributed by atoms with Crippen molar-refractivity contribution in [2.45, 2.75) is 20.0 Å². The molecular formula is C23H26FN7. The highest BCUT2D eigenvalue weighted by Gasteiger charge is 2.21. The number of hydrogen-bond acceptors (Lipinski definition) is 7. The summed E-state index contributed by atoms with van der Waals surface area (Å²) in [5.74, 6) is 0.228. The Hall–Kier alpha value is -3.28. The van der Waals surface area contributed by atoms with Gasteiger partial charge in [0, 0.05) is 37.0 Å². The summed E-state index contributed by atoms with van der Waals surface area (Å²) in [5, 5.41) is 22.5. The second-order valence-corrected chi connectivity index (χ2v) is 8.03. The van der Waals surface area contributed by atoms with Gasteiger partial charge in [-0.1, -0.05) is 12.1 Å². The first-order valence-corrected chi connectivity index (χ1v) is 10.3. The van der Waals surface area contributed by atoms with Crippen LogP contribution in [0.1, 0.15) is 28.6 Å². The molecule has 0 unspecified atom stereocenters. The molecule has 1 atom stereocenters. The zero-order valence-electron chi connectivity index (χ0n) is 18.0. The number of likely N-dealkylation sites (N-methyl/N-ethyl adjacent to an activating group) is 1. The number of nitrogens with zero attached hydrogens (tertiary/aromatic N) is 5. The third-order valence-electron chi connectivity index (χ3n) is 6.00. The third kappa shape index (κ3) is 4.02. The van der Waals surface area contributed by atoms with Crippen LogP contribution in [-0.2, 0) is 0 Å². The van der Waals surface area contributed by atoms with Crippen LogP contribution in [0.5, 0.6) is 0 Å². The molecule has 0 saturated carbocycles. The molecule has 0 spiro atoms. The number of anilines is 2. The van der Waals surface area contributed by atoms with E-state index in [0.717, 1.165) is 42.7 Å². The maximum atomic E-state index is 15.0. The van der Waals surface area contributed by atoms with Gasteiger partial charge < -0.3 is 20.9 Å². The van der Waals surface area contributed by atoms with E-state index in [1.807, 2.05) is 32.0 Å². The lowest BCUT2D eigenvalue weighted by Gasteiger charge is -2.34. The number of halogens is 1. The van der Waals surface area contributed by atoms with Gasteiger partial charge in [0.1, 0.15) is 12.0 Å². The van der Waals surface area contributed by atoms with E-state index in [1.54, 1.807) is 6.07 Å².